The molecule has 4 heteroatoms. The van der Waals surface area contributed by atoms with Gasteiger partial charge in [-0.2, -0.15) is 10.4 Å². The molecule has 0 aliphatic carbocycles. The monoisotopic (exact) mass is 226 g/mol. The van der Waals surface area contributed by atoms with Crippen molar-refractivity contribution in [2.75, 3.05) is 0 Å². The van der Waals surface area contributed by atoms with E-state index in [9.17, 15) is 0 Å². The summed E-state index contributed by atoms with van der Waals surface area (Å²) in [6.45, 7) is 3.22. The Morgan fingerprint density at radius 2 is 2.29 bits per heavy atom. The van der Waals surface area contributed by atoms with Gasteiger partial charge in [0.1, 0.15) is 0 Å². The molecule has 1 heterocycles. The summed E-state index contributed by atoms with van der Waals surface area (Å²) in [5, 5.41) is 13.0. The lowest BCUT2D eigenvalue weighted by molar-refractivity contribution is 0.683. The molecule has 1 aromatic heterocycles. The largest absolute Gasteiger partial charge is 0.326 e. The van der Waals surface area contributed by atoms with E-state index in [2.05, 4.69) is 11.2 Å². The van der Waals surface area contributed by atoms with Crippen molar-refractivity contribution in [3.05, 3.63) is 52.8 Å². The van der Waals surface area contributed by atoms with Crippen LogP contribution in [0.3, 0.4) is 0 Å². The number of nitrogens with two attached hydrogens (primary N) is 1. The van der Waals surface area contributed by atoms with Gasteiger partial charge in [-0.3, -0.25) is 4.68 Å². The zero-order valence-corrected chi connectivity index (χ0v) is 9.72. The highest BCUT2D eigenvalue weighted by Crippen LogP contribution is 2.12. The second-order valence-corrected chi connectivity index (χ2v) is 4.00. The van der Waals surface area contributed by atoms with Crippen molar-refractivity contribution in [3.63, 3.8) is 0 Å². The summed E-state index contributed by atoms with van der Waals surface area (Å²) in [6, 6.07) is 7.82. The van der Waals surface area contributed by atoms with Gasteiger partial charge in [-0.15, -0.1) is 0 Å². The molecule has 0 saturated heterocycles. The SMILES string of the molecule is Cc1cc(C#N)ccc1Cn1cc(CN)cn1. The molecule has 0 saturated carbocycles. The van der Waals surface area contributed by atoms with E-state index in [0.29, 0.717) is 18.7 Å². The lowest BCUT2D eigenvalue weighted by Crippen LogP contribution is -2.02. The molecule has 0 bridgehead atoms. The fourth-order valence-corrected chi connectivity index (χ4v) is 1.72. The zero-order valence-electron chi connectivity index (χ0n) is 9.72. The molecule has 0 aliphatic heterocycles. The highest BCUT2D eigenvalue weighted by Gasteiger charge is 2.02. The van der Waals surface area contributed by atoms with Gasteiger partial charge in [0.2, 0.25) is 0 Å². The maximum absolute atomic E-state index is 8.80. The first kappa shape index (κ1) is 11.4. The maximum Gasteiger partial charge on any atom is 0.0991 e. The van der Waals surface area contributed by atoms with Crippen molar-refractivity contribution in [1.82, 2.24) is 9.78 Å². The van der Waals surface area contributed by atoms with Crippen LogP contribution in [0.2, 0.25) is 0 Å². The van der Waals surface area contributed by atoms with Crippen LogP contribution < -0.4 is 5.73 Å². The molecule has 86 valence electrons. The fraction of sp³-hybridized carbons (Fsp3) is 0.231. The lowest BCUT2D eigenvalue weighted by Gasteiger charge is -2.06. The van der Waals surface area contributed by atoms with Crippen LogP contribution in [-0.4, -0.2) is 9.78 Å². The Balaban J connectivity index is 2.21. The quantitative estimate of drug-likeness (QED) is 0.863. The van der Waals surface area contributed by atoms with E-state index in [1.54, 1.807) is 6.20 Å². The van der Waals surface area contributed by atoms with Crippen LogP contribution in [0.1, 0.15) is 22.3 Å². The second-order valence-electron chi connectivity index (χ2n) is 4.00. The fourth-order valence-electron chi connectivity index (χ4n) is 1.72. The molecule has 0 amide bonds. The van der Waals surface area contributed by atoms with E-state index >= 15 is 0 Å². The van der Waals surface area contributed by atoms with Gasteiger partial charge in [-0.05, 0) is 30.2 Å². The molecule has 1 aromatic carbocycles. The van der Waals surface area contributed by atoms with Crippen LogP contribution in [0.25, 0.3) is 0 Å². The number of aryl methyl sites for hydroxylation is 1. The number of aromatic nitrogens is 2. The van der Waals surface area contributed by atoms with Crippen molar-refractivity contribution in [2.45, 2.75) is 20.0 Å². The van der Waals surface area contributed by atoms with Crippen LogP contribution in [0.5, 0.6) is 0 Å². The third kappa shape index (κ3) is 2.52. The van der Waals surface area contributed by atoms with E-state index in [-0.39, 0.29) is 0 Å². The number of hydrogen-bond acceptors (Lipinski definition) is 3. The maximum atomic E-state index is 8.80. The molecular weight excluding hydrogens is 212 g/mol. The summed E-state index contributed by atoms with van der Waals surface area (Å²) in [7, 11) is 0. The Hall–Kier alpha value is -2.12. The Labute approximate surface area is 100 Å². The molecule has 0 fully saturated rings. The van der Waals surface area contributed by atoms with Crippen molar-refractivity contribution >= 4 is 0 Å². The first-order valence-corrected chi connectivity index (χ1v) is 5.44. The van der Waals surface area contributed by atoms with Crippen LogP contribution in [0, 0.1) is 18.3 Å². The summed E-state index contributed by atoms with van der Waals surface area (Å²) in [5.41, 5.74) is 9.52. The van der Waals surface area contributed by atoms with Gasteiger partial charge in [0.05, 0.1) is 24.4 Å². The highest BCUT2D eigenvalue weighted by molar-refractivity contribution is 5.37. The van der Waals surface area contributed by atoms with Gasteiger partial charge in [-0.25, -0.2) is 0 Å². The number of nitriles is 1. The molecule has 0 aliphatic rings. The van der Waals surface area contributed by atoms with Crippen molar-refractivity contribution in [1.29, 1.82) is 5.26 Å². The Morgan fingerprint density at radius 1 is 1.47 bits per heavy atom. The van der Waals surface area contributed by atoms with E-state index in [0.717, 1.165) is 16.7 Å². The first-order valence-electron chi connectivity index (χ1n) is 5.44. The minimum atomic E-state index is 0.506. The first-order chi connectivity index (χ1) is 8.22. The molecule has 0 unspecified atom stereocenters. The van der Waals surface area contributed by atoms with Gasteiger partial charge < -0.3 is 5.73 Å². The minimum Gasteiger partial charge on any atom is -0.326 e. The second kappa shape index (κ2) is 4.81. The average Bonchev–Trinajstić information content (AvgIpc) is 2.79. The minimum absolute atomic E-state index is 0.506. The molecule has 2 rings (SSSR count). The van der Waals surface area contributed by atoms with E-state index < -0.39 is 0 Å². The summed E-state index contributed by atoms with van der Waals surface area (Å²) in [4.78, 5) is 0. The molecule has 4 nitrogen and oxygen atoms in total. The van der Waals surface area contributed by atoms with Gasteiger partial charge in [0.25, 0.3) is 0 Å². The molecular formula is C13H14N4. The normalized spacial score (nSPS) is 10.2. The number of nitrogens with zero attached hydrogens (tertiary/aromatic N) is 3. The predicted octanol–water partition coefficient (Wildman–Crippen LogP) is 1.57. The van der Waals surface area contributed by atoms with Gasteiger partial charge in [0.15, 0.2) is 0 Å². The van der Waals surface area contributed by atoms with Crippen LogP contribution in [-0.2, 0) is 13.1 Å². The Bertz CT molecular complexity index is 563. The smallest absolute Gasteiger partial charge is 0.0991 e. The standard InChI is InChI=1S/C13H14N4/c1-10-4-11(5-14)2-3-13(10)9-17-8-12(6-15)7-16-17/h2-4,7-8H,6,9,15H2,1H3. The van der Waals surface area contributed by atoms with Crippen LogP contribution >= 0.6 is 0 Å². The third-order valence-corrected chi connectivity index (χ3v) is 2.73. The molecule has 2 aromatic rings. The number of rotatable bonds is 3. The summed E-state index contributed by atoms with van der Waals surface area (Å²) >= 11 is 0. The van der Waals surface area contributed by atoms with Crippen LogP contribution in [0.15, 0.2) is 30.6 Å². The number of hydrogen-bond donors (Lipinski definition) is 1. The predicted molar refractivity (Wildman–Crippen MR) is 65.1 cm³/mol. The van der Waals surface area contributed by atoms with E-state index in [1.807, 2.05) is 36.0 Å². The van der Waals surface area contributed by atoms with Gasteiger partial charge in [0, 0.05) is 18.3 Å². The topological polar surface area (TPSA) is 67.6 Å². The Kier molecular flexibility index (Phi) is 3.22. The van der Waals surface area contributed by atoms with Gasteiger partial charge in [-0.1, -0.05) is 6.07 Å². The van der Waals surface area contributed by atoms with Crippen molar-refractivity contribution in [3.8, 4) is 6.07 Å². The Morgan fingerprint density at radius 3 is 2.88 bits per heavy atom. The van der Waals surface area contributed by atoms with Gasteiger partial charge >= 0.3 is 0 Å². The summed E-state index contributed by atoms with van der Waals surface area (Å²) < 4.78 is 1.86. The van der Waals surface area contributed by atoms with Crippen LogP contribution in [0.4, 0.5) is 0 Å². The third-order valence-electron chi connectivity index (χ3n) is 2.73. The summed E-state index contributed by atoms with van der Waals surface area (Å²) in [6.07, 6.45) is 3.72. The molecule has 0 spiro atoms. The lowest BCUT2D eigenvalue weighted by atomic mass is 10.1. The molecule has 2 N–H and O–H groups in total. The number of benzene rings is 1. The van der Waals surface area contributed by atoms with Crippen molar-refractivity contribution < 1.29 is 0 Å². The molecule has 0 atom stereocenters. The molecule has 17 heavy (non-hydrogen) atoms. The highest BCUT2D eigenvalue weighted by atomic mass is 15.3. The van der Waals surface area contributed by atoms with Crippen molar-refractivity contribution in [2.24, 2.45) is 5.73 Å². The van der Waals surface area contributed by atoms with E-state index in [1.165, 1.54) is 0 Å². The summed E-state index contributed by atoms with van der Waals surface area (Å²) in [5.74, 6) is 0. The van der Waals surface area contributed by atoms with E-state index in [4.69, 9.17) is 11.0 Å². The average molecular weight is 226 g/mol. The molecule has 0 radical (unpaired) electrons. The zero-order chi connectivity index (χ0) is 12.3.